The highest BCUT2D eigenvalue weighted by Crippen LogP contribution is 2.45. The first-order valence-electron chi connectivity index (χ1n) is 43.3. The number of carbonyl (C=O) groups excluding carboxylic acids is 4. The highest BCUT2D eigenvalue weighted by atomic mass is 31.2. The molecule has 5 unspecified atom stereocenters. The third-order valence-corrected chi connectivity index (χ3v) is 22.2. The van der Waals surface area contributed by atoms with Crippen molar-refractivity contribution in [2.45, 2.75) is 453 Å². The number of hydrogen-bond donors (Lipinski definition) is 3. The molecule has 0 rings (SSSR count). The highest BCUT2D eigenvalue weighted by molar-refractivity contribution is 7.47. The van der Waals surface area contributed by atoms with E-state index in [1.807, 2.05) is 0 Å². The molecule has 0 fully saturated rings. The average Bonchev–Trinajstić information content (AvgIpc) is 0.945. The number of phosphoric acid groups is 2. The van der Waals surface area contributed by atoms with Gasteiger partial charge in [0.05, 0.1) is 26.4 Å². The molecule has 0 bridgehead atoms. The monoisotopic (exact) mass is 1510 g/mol. The van der Waals surface area contributed by atoms with Crippen LogP contribution in [0.5, 0.6) is 0 Å². The van der Waals surface area contributed by atoms with Gasteiger partial charge in [-0.1, -0.05) is 383 Å². The standard InChI is InChI=1S/C84H164O17P2/c1-9-76(7)62-54-46-38-30-24-20-17-18-21-25-32-40-48-56-64-81(86)94-70-79(100-83(88)66-58-50-41-33-26-22-16-14-12-11-13-15-19-23-29-36-44-52-60-74(3)4)72-98-102(90,91)96-68-78(85)69-97-103(92,93)99-73-80(71-95-82(87)65-57-49-43-35-37-45-53-61-75(5)6)101-84(89)67-59-51-42-34-28-27-31-39-47-55-63-77(8)10-2/h74-80,85H,9-73H2,1-8H3,(H,90,91)(H,92,93)/t76?,77?,78?,79-,80-/m1/s1. The van der Waals surface area contributed by atoms with Crippen molar-refractivity contribution in [2.24, 2.45) is 23.7 Å². The number of hydrogen-bond acceptors (Lipinski definition) is 15. The van der Waals surface area contributed by atoms with E-state index in [4.69, 9.17) is 37.0 Å². The quantitative estimate of drug-likeness (QED) is 0.0222. The second-order valence-corrected chi connectivity index (χ2v) is 34.6. The molecule has 19 heteroatoms. The molecule has 7 atom stereocenters. The van der Waals surface area contributed by atoms with E-state index in [1.165, 1.54) is 231 Å². The second-order valence-electron chi connectivity index (χ2n) is 31.7. The SMILES string of the molecule is CCC(C)CCCCCCCCCCCCCCCCC(=O)OC[C@H](COP(=O)(O)OCC(O)COP(=O)(O)OC[C@@H](COC(=O)CCCCCCCCCC(C)C)OC(=O)CCCCCCCCCCCCC(C)CC)OC(=O)CCCCCCCCCCCCCCCCCCCCC(C)C. The molecule has 612 valence electrons. The van der Waals surface area contributed by atoms with Gasteiger partial charge in [0.25, 0.3) is 0 Å². The van der Waals surface area contributed by atoms with Crippen molar-refractivity contribution < 1.29 is 80.2 Å². The highest BCUT2D eigenvalue weighted by Gasteiger charge is 2.30. The molecular weight excluding hydrogens is 1340 g/mol. The summed E-state index contributed by atoms with van der Waals surface area (Å²) < 4.78 is 68.8. The van der Waals surface area contributed by atoms with Crippen LogP contribution in [0, 0.1) is 23.7 Å². The molecule has 3 N–H and O–H groups in total. The number of phosphoric ester groups is 2. The van der Waals surface area contributed by atoms with E-state index in [2.05, 4.69) is 55.4 Å². The van der Waals surface area contributed by atoms with Crippen molar-refractivity contribution in [1.82, 2.24) is 0 Å². The maximum atomic E-state index is 13.1. The number of ether oxygens (including phenoxy) is 4. The van der Waals surface area contributed by atoms with Gasteiger partial charge in [0.1, 0.15) is 19.3 Å². The van der Waals surface area contributed by atoms with E-state index < -0.39 is 97.5 Å². The summed E-state index contributed by atoms with van der Waals surface area (Å²) in [6.45, 7) is 14.3. The second kappa shape index (κ2) is 72.9. The van der Waals surface area contributed by atoms with E-state index >= 15 is 0 Å². The number of unbranched alkanes of at least 4 members (excludes halogenated alkanes) is 45. The maximum absolute atomic E-state index is 13.1. The number of rotatable bonds is 81. The fourth-order valence-corrected chi connectivity index (χ4v) is 14.5. The van der Waals surface area contributed by atoms with Crippen LogP contribution in [-0.4, -0.2) is 96.7 Å². The first kappa shape index (κ1) is 101. The molecule has 0 aliphatic heterocycles. The van der Waals surface area contributed by atoms with E-state index in [0.29, 0.717) is 31.6 Å². The molecule has 0 saturated heterocycles. The van der Waals surface area contributed by atoms with Gasteiger partial charge in [-0.25, -0.2) is 9.13 Å². The van der Waals surface area contributed by atoms with Gasteiger partial charge in [-0.3, -0.25) is 37.3 Å². The Morgan fingerprint density at radius 3 is 0.689 bits per heavy atom. The van der Waals surface area contributed by atoms with E-state index in [1.54, 1.807) is 0 Å². The van der Waals surface area contributed by atoms with Crippen molar-refractivity contribution >= 4 is 39.5 Å². The zero-order chi connectivity index (χ0) is 76.0. The lowest BCUT2D eigenvalue weighted by Crippen LogP contribution is -2.30. The number of esters is 4. The summed E-state index contributed by atoms with van der Waals surface area (Å²) in [5, 5.41) is 10.7. The lowest BCUT2D eigenvalue weighted by atomic mass is 9.99. The van der Waals surface area contributed by atoms with Crippen molar-refractivity contribution in [1.29, 1.82) is 0 Å². The first-order chi connectivity index (χ1) is 49.7. The summed E-state index contributed by atoms with van der Waals surface area (Å²) in [6, 6.07) is 0. The number of carbonyl (C=O) groups is 4. The van der Waals surface area contributed by atoms with Crippen LogP contribution >= 0.6 is 15.6 Å². The van der Waals surface area contributed by atoms with Gasteiger partial charge in [0.15, 0.2) is 12.2 Å². The Hall–Kier alpha value is -1.94. The van der Waals surface area contributed by atoms with Crippen LogP contribution in [0.15, 0.2) is 0 Å². The Labute approximate surface area is 632 Å². The summed E-state index contributed by atoms with van der Waals surface area (Å²) in [6.07, 6.45) is 61.1. The van der Waals surface area contributed by atoms with Gasteiger partial charge in [0.2, 0.25) is 0 Å². The van der Waals surface area contributed by atoms with Crippen molar-refractivity contribution in [3.05, 3.63) is 0 Å². The van der Waals surface area contributed by atoms with Gasteiger partial charge in [0, 0.05) is 25.7 Å². The summed E-state index contributed by atoms with van der Waals surface area (Å²) in [7, 11) is -9.93. The molecule has 0 aliphatic carbocycles. The Balaban J connectivity index is 5.24. The molecule has 0 aromatic heterocycles. The van der Waals surface area contributed by atoms with Gasteiger partial charge in [-0.15, -0.1) is 0 Å². The van der Waals surface area contributed by atoms with E-state index in [-0.39, 0.29) is 25.7 Å². The molecule has 0 aromatic rings. The molecule has 0 radical (unpaired) electrons. The van der Waals surface area contributed by atoms with E-state index in [0.717, 1.165) is 114 Å². The van der Waals surface area contributed by atoms with Crippen LogP contribution in [0.4, 0.5) is 0 Å². The van der Waals surface area contributed by atoms with Gasteiger partial charge in [-0.05, 0) is 49.4 Å². The molecule has 103 heavy (non-hydrogen) atoms. The molecule has 0 saturated carbocycles. The Bertz CT molecular complexity index is 2010. The normalized spacial score (nSPS) is 14.5. The zero-order valence-electron chi connectivity index (χ0n) is 68.0. The summed E-state index contributed by atoms with van der Waals surface area (Å²) in [5.41, 5.74) is 0. The summed E-state index contributed by atoms with van der Waals surface area (Å²) >= 11 is 0. The molecule has 0 aliphatic rings. The van der Waals surface area contributed by atoms with Gasteiger partial charge in [-0.2, -0.15) is 0 Å². The smallest absolute Gasteiger partial charge is 0.462 e. The first-order valence-corrected chi connectivity index (χ1v) is 46.3. The zero-order valence-corrected chi connectivity index (χ0v) is 69.7. The van der Waals surface area contributed by atoms with Crippen LogP contribution in [-0.2, 0) is 65.4 Å². The van der Waals surface area contributed by atoms with Crippen LogP contribution < -0.4 is 0 Å². The topological polar surface area (TPSA) is 237 Å². The summed E-state index contributed by atoms with van der Waals surface area (Å²) in [5.74, 6) is 1.07. The number of aliphatic hydroxyl groups is 1. The molecule has 0 aromatic carbocycles. The van der Waals surface area contributed by atoms with E-state index in [9.17, 15) is 43.2 Å². The molecular formula is C84H164O17P2. The lowest BCUT2D eigenvalue weighted by molar-refractivity contribution is -0.161. The fraction of sp³-hybridized carbons (Fsp3) is 0.952. The molecule has 0 heterocycles. The van der Waals surface area contributed by atoms with Crippen LogP contribution in [0.25, 0.3) is 0 Å². The van der Waals surface area contributed by atoms with Gasteiger partial charge < -0.3 is 33.8 Å². The minimum absolute atomic E-state index is 0.105. The van der Waals surface area contributed by atoms with Crippen LogP contribution in [0.1, 0.15) is 434 Å². The number of aliphatic hydroxyl groups excluding tert-OH is 1. The predicted molar refractivity (Wildman–Crippen MR) is 423 cm³/mol. The minimum atomic E-state index is -4.97. The maximum Gasteiger partial charge on any atom is 0.472 e. The van der Waals surface area contributed by atoms with Crippen molar-refractivity contribution in [3.8, 4) is 0 Å². The largest absolute Gasteiger partial charge is 0.472 e. The Morgan fingerprint density at radius 1 is 0.272 bits per heavy atom. The van der Waals surface area contributed by atoms with Crippen LogP contribution in [0.2, 0.25) is 0 Å². The lowest BCUT2D eigenvalue weighted by Gasteiger charge is -2.21. The molecule has 17 nitrogen and oxygen atoms in total. The third-order valence-electron chi connectivity index (χ3n) is 20.3. The average molecular weight is 1510 g/mol. The van der Waals surface area contributed by atoms with Crippen molar-refractivity contribution in [2.75, 3.05) is 39.6 Å². The third kappa shape index (κ3) is 75.3. The van der Waals surface area contributed by atoms with Crippen LogP contribution in [0.3, 0.4) is 0 Å². The Kier molecular flexibility index (Phi) is 71.5. The van der Waals surface area contributed by atoms with Crippen molar-refractivity contribution in [3.63, 3.8) is 0 Å². The Morgan fingerprint density at radius 2 is 0.466 bits per heavy atom. The van der Waals surface area contributed by atoms with Gasteiger partial charge >= 0.3 is 39.5 Å². The predicted octanol–water partition coefficient (Wildman–Crippen LogP) is 25.2. The minimum Gasteiger partial charge on any atom is -0.462 e. The molecule has 0 amide bonds. The summed E-state index contributed by atoms with van der Waals surface area (Å²) in [4.78, 5) is 73.1. The fourth-order valence-electron chi connectivity index (χ4n) is 12.9. The molecule has 0 spiro atoms.